The molecule has 0 spiro atoms. The van der Waals surface area contributed by atoms with Crippen molar-refractivity contribution in [2.45, 2.75) is 6.42 Å². The highest BCUT2D eigenvalue weighted by Crippen LogP contribution is 2.31. The number of methoxy groups -OCH3 is 2. The number of anilines is 1. The van der Waals surface area contributed by atoms with Crippen LogP contribution in [-0.2, 0) is 11.2 Å². The van der Waals surface area contributed by atoms with Crippen molar-refractivity contribution < 1.29 is 14.3 Å². The fourth-order valence-corrected chi connectivity index (χ4v) is 1.29. The zero-order chi connectivity index (χ0) is 10.6. The van der Waals surface area contributed by atoms with Gasteiger partial charge in [0, 0.05) is 29.8 Å². The summed E-state index contributed by atoms with van der Waals surface area (Å²) in [5.41, 5.74) is 6.90. The van der Waals surface area contributed by atoms with E-state index in [1.807, 2.05) is 0 Å². The van der Waals surface area contributed by atoms with E-state index in [1.165, 1.54) is 14.2 Å². The molecule has 0 aliphatic rings. The summed E-state index contributed by atoms with van der Waals surface area (Å²) in [5, 5.41) is 0. The van der Waals surface area contributed by atoms with Crippen LogP contribution in [0.5, 0.6) is 11.5 Å². The predicted octanol–water partition coefficient (Wildman–Crippen LogP) is 1.03. The van der Waals surface area contributed by atoms with Crippen molar-refractivity contribution in [1.82, 2.24) is 0 Å². The molecular weight excluding hydrogens is 182 g/mol. The molecule has 2 N–H and O–H groups in total. The van der Waals surface area contributed by atoms with E-state index in [1.54, 1.807) is 12.1 Å². The van der Waals surface area contributed by atoms with Crippen molar-refractivity contribution in [3.05, 3.63) is 17.7 Å². The SMILES string of the molecule is COc1cc(N)cc(OC)c1CC=O. The number of nitrogen functional groups attached to an aromatic ring is 1. The van der Waals surface area contributed by atoms with E-state index in [0.29, 0.717) is 17.2 Å². The smallest absolute Gasteiger partial charge is 0.128 e. The van der Waals surface area contributed by atoms with Gasteiger partial charge in [0.1, 0.15) is 17.8 Å². The van der Waals surface area contributed by atoms with Crippen molar-refractivity contribution in [3.8, 4) is 11.5 Å². The summed E-state index contributed by atoms with van der Waals surface area (Å²) in [4.78, 5) is 10.5. The molecule has 0 aromatic heterocycles. The number of nitrogens with two attached hydrogens (primary N) is 1. The molecule has 1 rings (SSSR count). The molecule has 0 radical (unpaired) electrons. The highest BCUT2D eigenvalue weighted by Gasteiger charge is 2.10. The number of benzene rings is 1. The first-order chi connectivity index (χ1) is 6.72. The lowest BCUT2D eigenvalue weighted by atomic mass is 10.1. The maximum absolute atomic E-state index is 10.5. The summed E-state index contributed by atoms with van der Waals surface area (Å²) in [6, 6.07) is 3.34. The van der Waals surface area contributed by atoms with Crippen molar-refractivity contribution in [1.29, 1.82) is 0 Å². The number of ether oxygens (including phenoxy) is 2. The average molecular weight is 195 g/mol. The topological polar surface area (TPSA) is 61.6 Å². The monoisotopic (exact) mass is 195 g/mol. The van der Waals surface area contributed by atoms with E-state index in [4.69, 9.17) is 15.2 Å². The highest BCUT2D eigenvalue weighted by molar-refractivity contribution is 5.64. The Hall–Kier alpha value is -1.71. The predicted molar refractivity (Wildman–Crippen MR) is 53.7 cm³/mol. The van der Waals surface area contributed by atoms with Crippen LogP contribution < -0.4 is 15.2 Å². The van der Waals surface area contributed by atoms with Crippen LogP contribution in [0.25, 0.3) is 0 Å². The summed E-state index contributed by atoms with van der Waals surface area (Å²) in [6.07, 6.45) is 1.06. The minimum absolute atomic E-state index is 0.257. The third-order valence-electron chi connectivity index (χ3n) is 1.92. The zero-order valence-electron chi connectivity index (χ0n) is 8.24. The molecule has 0 aliphatic heterocycles. The van der Waals surface area contributed by atoms with Gasteiger partial charge in [-0.3, -0.25) is 0 Å². The van der Waals surface area contributed by atoms with Crippen LogP contribution in [-0.4, -0.2) is 20.5 Å². The minimum atomic E-state index is 0.257. The number of rotatable bonds is 4. The maximum Gasteiger partial charge on any atom is 0.128 e. The number of carbonyl (C=O) groups excluding carboxylic acids is 1. The summed E-state index contributed by atoms with van der Waals surface area (Å²) in [7, 11) is 3.06. The second kappa shape index (κ2) is 4.50. The molecule has 0 saturated carbocycles. The lowest BCUT2D eigenvalue weighted by Gasteiger charge is -2.11. The lowest BCUT2D eigenvalue weighted by Crippen LogP contribution is -1.99. The van der Waals surface area contributed by atoms with E-state index in [-0.39, 0.29) is 6.42 Å². The molecule has 0 fully saturated rings. The Kier molecular flexibility index (Phi) is 3.34. The highest BCUT2D eigenvalue weighted by atomic mass is 16.5. The van der Waals surface area contributed by atoms with Gasteiger partial charge >= 0.3 is 0 Å². The molecule has 4 heteroatoms. The molecule has 0 saturated heterocycles. The average Bonchev–Trinajstić information content (AvgIpc) is 2.20. The van der Waals surface area contributed by atoms with Gasteiger partial charge in [-0.1, -0.05) is 0 Å². The largest absolute Gasteiger partial charge is 0.496 e. The van der Waals surface area contributed by atoms with Crippen molar-refractivity contribution in [2.24, 2.45) is 0 Å². The Labute approximate surface area is 82.6 Å². The van der Waals surface area contributed by atoms with Gasteiger partial charge in [-0.15, -0.1) is 0 Å². The molecule has 76 valence electrons. The van der Waals surface area contributed by atoms with Crippen LogP contribution in [0.15, 0.2) is 12.1 Å². The van der Waals surface area contributed by atoms with Gasteiger partial charge in [-0.05, 0) is 0 Å². The molecule has 4 nitrogen and oxygen atoms in total. The van der Waals surface area contributed by atoms with Crippen LogP contribution in [0.2, 0.25) is 0 Å². The Morgan fingerprint density at radius 2 is 1.79 bits per heavy atom. The first-order valence-electron chi connectivity index (χ1n) is 4.17. The van der Waals surface area contributed by atoms with Gasteiger partial charge < -0.3 is 20.0 Å². The normalized spacial score (nSPS) is 9.57. The Morgan fingerprint density at radius 1 is 1.29 bits per heavy atom. The molecule has 0 heterocycles. The fraction of sp³-hybridized carbons (Fsp3) is 0.300. The van der Waals surface area contributed by atoms with E-state index in [9.17, 15) is 4.79 Å². The molecule has 0 bridgehead atoms. The maximum atomic E-state index is 10.5. The Bertz CT molecular complexity index is 311. The number of hydrogen-bond acceptors (Lipinski definition) is 4. The summed E-state index contributed by atoms with van der Waals surface area (Å²) in [6.45, 7) is 0. The lowest BCUT2D eigenvalue weighted by molar-refractivity contribution is -0.107. The number of hydrogen-bond donors (Lipinski definition) is 1. The molecular formula is C10H13NO3. The number of aldehydes is 1. The van der Waals surface area contributed by atoms with Gasteiger partial charge in [-0.2, -0.15) is 0 Å². The second-order valence-electron chi connectivity index (χ2n) is 2.77. The van der Waals surface area contributed by atoms with Crippen molar-refractivity contribution in [2.75, 3.05) is 20.0 Å². The van der Waals surface area contributed by atoms with Crippen LogP contribution in [0.1, 0.15) is 5.56 Å². The first-order valence-corrected chi connectivity index (χ1v) is 4.17. The van der Waals surface area contributed by atoms with Gasteiger partial charge in [0.2, 0.25) is 0 Å². The third kappa shape index (κ3) is 1.96. The molecule has 1 aromatic carbocycles. The summed E-state index contributed by atoms with van der Waals surface area (Å²) in [5.74, 6) is 1.16. The first kappa shape index (κ1) is 10.4. The zero-order valence-corrected chi connectivity index (χ0v) is 8.24. The minimum Gasteiger partial charge on any atom is -0.496 e. The van der Waals surface area contributed by atoms with Crippen molar-refractivity contribution in [3.63, 3.8) is 0 Å². The van der Waals surface area contributed by atoms with E-state index in [2.05, 4.69) is 0 Å². The fourth-order valence-electron chi connectivity index (χ4n) is 1.29. The third-order valence-corrected chi connectivity index (χ3v) is 1.92. The quantitative estimate of drug-likeness (QED) is 0.575. The van der Waals surface area contributed by atoms with E-state index < -0.39 is 0 Å². The summed E-state index contributed by atoms with van der Waals surface area (Å²) >= 11 is 0. The van der Waals surface area contributed by atoms with Crippen molar-refractivity contribution >= 4 is 12.0 Å². The van der Waals surface area contributed by atoms with Crippen LogP contribution >= 0.6 is 0 Å². The van der Waals surface area contributed by atoms with Crippen LogP contribution in [0, 0.1) is 0 Å². The van der Waals surface area contributed by atoms with E-state index in [0.717, 1.165) is 11.8 Å². The van der Waals surface area contributed by atoms with E-state index >= 15 is 0 Å². The molecule has 0 unspecified atom stereocenters. The molecule has 14 heavy (non-hydrogen) atoms. The Balaban J connectivity index is 3.24. The van der Waals surface area contributed by atoms with Gasteiger partial charge in [-0.25, -0.2) is 0 Å². The van der Waals surface area contributed by atoms with Crippen LogP contribution in [0.4, 0.5) is 5.69 Å². The van der Waals surface area contributed by atoms with Gasteiger partial charge in [0.25, 0.3) is 0 Å². The molecule has 0 atom stereocenters. The summed E-state index contributed by atoms with van der Waals surface area (Å²) < 4.78 is 10.2. The standard InChI is InChI=1S/C10H13NO3/c1-13-9-5-7(11)6-10(14-2)8(9)3-4-12/h4-6H,3,11H2,1-2H3. The van der Waals surface area contributed by atoms with Gasteiger partial charge in [0.15, 0.2) is 0 Å². The number of carbonyl (C=O) groups is 1. The molecule has 1 aromatic rings. The van der Waals surface area contributed by atoms with Gasteiger partial charge in [0.05, 0.1) is 14.2 Å². The molecule has 0 amide bonds. The second-order valence-corrected chi connectivity index (χ2v) is 2.77. The van der Waals surface area contributed by atoms with Crippen LogP contribution in [0.3, 0.4) is 0 Å². The molecule has 0 aliphatic carbocycles. The Morgan fingerprint density at radius 3 is 2.14 bits per heavy atom.